The molecule has 3 rings (SSSR count). The zero-order valence-electron chi connectivity index (χ0n) is 15.0. The molecule has 136 valence electrons. The highest BCUT2D eigenvalue weighted by atomic mass is 16.5. The van der Waals surface area contributed by atoms with E-state index in [0.29, 0.717) is 18.0 Å². The number of amides is 2. The minimum atomic E-state index is -0.614. The summed E-state index contributed by atoms with van der Waals surface area (Å²) in [5, 5.41) is 2.69. The maximum Gasteiger partial charge on any atom is 0.316 e. The van der Waals surface area contributed by atoms with Gasteiger partial charge in [0.15, 0.2) is 11.5 Å². The number of carbonyl (C=O) groups excluding carboxylic acids is 2. The van der Waals surface area contributed by atoms with Crippen LogP contribution in [-0.2, 0) is 22.6 Å². The number of carbonyl (C=O) groups is 2. The molecule has 0 aliphatic carbocycles. The van der Waals surface area contributed by atoms with Gasteiger partial charge in [0.05, 0.1) is 14.2 Å². The summed E-state index contributed by atoms with van der Waals surface area (Å²) in [6.07, 6.45) is 1.78. The fraction of sp³-hybridized carbons (Fsp3) is 0.300. The molecule has 0 aromatic heterocycles. The molecular formula is C20H22N2O4. The Hall–Kier alpha value is -3.02. The Bertz CT molecular complexity index is 819. The fourth-order valence-corrected chi connectivity index (χ4v) is 3.12. The SMILES string of the molecule is COc1ccc(CNC(=O)C(=O)N2CCCc3ccccc32)cc1OC. The van der Waals surface area contributed by atoms with Crippen LogP contribution >= 0.6 is 0 Å². The Labute approximate surface area is 152 Å². The lowest BCUT2D eigenvalue weighted by molar-refractivity contribution is -0.137. The van der Waals surface area contributed by atoms with Crippen LogP contribution in [0.5, 0.6) is 11.5 Å². The highest BCUT2D eigenvalue weighted by Crippen LogP contribution is 2.28. The van der Waals surface area contributed by atoms with E-state index in [1.165, 1.54) is 0 Å². The average Bonchev–Trinajstić information content (AvgIpc) is 2.70. The third-order valence-electron chi connectivity index (χ3n) is 4.45. The van der Waals surface area contributed by atoms with Crippen molar-refractivity contribution in [2.75, 3.05) is 25.7 Å². The predicted molar refractivity (Wildman–Crippen MR) is 98.5 cm³/mol. The molecule has 0 saturated heterocycles. The van der Waals surface area contributed by atoms with Gasteiger partial charge in [-0.05, 0) is 42.2 Å². The van der Waals surface area contributed by atoms with E-state index in [4.69, 9.17) is 9.47 Å². The molecule has 6 nitrogen and oxygen atoms in total. The summed E-state index contributed by atoms with van der Waals surface area (Å²) in [6.45, 7) is 0.792. The average molecular weight is 354 g/mol. The van der Waals surface area contributed by atoms with Gasteiger partial charge in [-0.25, -0.2) is 0 Å². The lowest BCUT2D eigenvalue weighted by Crippen LogP contribution is -2.45. The van der Waals surface area contributed by atoms with Crippen molar-refractivity contribution in [1.29, 1.82) is 0 Å². The van der Waals surface area contributed by atoms with E-state index in [1.54, 1.807) is 31.3 Å². The van der Waals surface area contributed by atoms with Gasteiger partial charge in [-0.15, -0.1) is 0 Å². The van der Waals surface area contributed by atoms with Crippen LogP contribution in [-0.4, -0.2) is 32.6 Å². The van der Waals surface area contributed by atoms with Crippen molar-refractivity contribution in [3.05, 3.63) is 53.6 Å². The van der Waals surface area contributed by atoms with Crippen LogP contribution < -0.4 is 19.7 Å². The number of anilines is 1. The first-order chi connectivity index (χ1) is 12.6. The minimum absolute atomic E-state index is 0.237. The van der Waals surface area contributed by atoms with Gasteiger partial charge in [0.2, 0.25) is 0 Å². The highest BCUT2D eigenvalue weighted by molar-refractivity contribution is 6.40. The molecule has 0 unspecified atom stereocenters. The van der Waals surface area contributed by atoms with Crippen molar-refractivity contribution in [3.63, 3.8) is 0 Å². The summed E-state index contributed by atoms with van der Waals surface area (Å²) in [5.74, 6) is 0.0493. The fourth-order valence-electron chi connectivity index (χ4n) is 3.12. The molecular weight excluding hydrogens is 332 g/mol. The summed E-state index contributed by atoms with van der Waals surface area (Å²) < 4.78 is 10.4. The molecule has 0 atom stereocenters. The Morgan fingerprint density at radius 3 is 2.62 bits per heavy atom. The quantitative estimate of drug-likeness (QED) is 0.856. The minimum Gasteiger partial charge on any atom is -0.493 e. The lowest BCUT2D eigenvalue weighted by Gasteiger charge is -2.28. The zero-order valence-corrected chi connectivity index (χ0v) is 15.0. The number of benzene rings is 2. The van der Waals surface area contributed by atoms with Gasteiger partial charge >= 0.3 is 11.8 Å². The molecule has 0 spiro atoms. The molecule has 1 aliphatic rings. The third kappa shape index (κ3) is 3.64. The second-order valence-corrected chi connectivity index (χ2v) is 6.06. The van der Waals surface area contributed by atoms with Gasteiger partial charge < -0.3 is 19.7 Å². The van der Waals surface area contributed by atoms with Crippen LogP contribution in [0.15, 0.2) is 42.5 Å². The van der Waals surface area contributed by atoms with Crippen LogP contribution in [0.25, 0.3) is 0 Å². The summed E-state index contributed by atoms with van der Waals surface area (Å²) in [6, 6.07) is 13.1. The first-order valence-corrected chi connectivity index (χ1v) is 8.52. The number of para-hydroxylation sites is 1. The van der Waals surface area contributed by atoms with E-state index in [9.17, 15) is 9.59 Å². The molecule has 1 N–H and O–H groups in total. The topological polar surface area (TPSA) is 67.9 Å². The first kappa shape index (κ1) is 17.8. The summed E-state index contributed by atoms with van der Waals surface area (Å²) in [7, 11) is 3.12. The Morgan fingerprint density at radius 2 is 1.85 bits per heavy atom. The smallest absolute Gasteiger partial charge is 0.316 e. The van der Waals surface area contributed by atoms with Gasteiger partial charge in [-0.2, -0.15) is 0 Å². The van der Waals surface area contributed by atoms with Gasteiger partial charge in [0, 0.05) is 18.8 Å². The van der Waals surface area contributed by atoms with E-state index in [1.807, 2.05) is 30.3 Å². The van der Waals surface area contributed by atoms with Crippen LogP contribution in [0.2, 0.25) is 0 Å². The number of hydrogen-bond acceptors (Lipinski definition) is 4. The third-order valence-corrected chi connectivity index (χ3v) is 4.45. The van der Waals surface area contributed by atoms with Crippen LogP contribution in [0.1, 0.15) is 17.5 Å². The van der Waals surface area contributed by atoms with Crippen molar-refractivity contribution in [1.82, 2.24) is 5.32 Å². The van der Waals surface area contributed by atoms with Crippen molar-refractivity contribution in [2.45, 2.75) is 19.4 Å². The Morgan fingerprint density at radius 1 is 1.08 bits per heavy atom. The lowest BCUT2D eigenvalue weighted by atomic mass is 10.0. The molecule has 2 amide bonds. The normalized spacial score (nSPS) is 12.9. The number of methoxy groups -OCH3 is 2. The number of fused-ring (bicyclic) bond motifs is 1. The number of nitrogens with one attached hydrogen (secondary N) is 1. The molecule has 1 aliphatic heterocycles. The molecule has 0 saturated carbocycles. The number of ether oxygens (including phenoxy) is 2. The van der Waals surface area contributed by atoms with Crippen molar-refractivity contribution in [3.8, 4) is 11.5 Å². The van der Waals surface area contributed by atoms with E-state index in [-0.39, 0.29) is 6.54 Å². The van der Waals surface area contributed by atoms with E-state index in [2.05, 4.69) is 5.32 Å². The maximum absolute atomic E-state index is 12.6. The van der Waals surface area contributed by atoms with Crippen LogP contribution in [0.4, 0.5) is 5.69 Å². The maximum atomic E-state index is 12.6. The molecule has 6 heteroatoms. The Balaban J connectivity index is 1.67. The van der Waals surface area contributed by atoms with Gasteiger partial charge in [-0.3, -0.25) is 9.59 Å². The molecule has 1 heterocycles. The van der Waals surface area contributed by atoms with E-state index < -0.39 is 11.8 Å². The van der Waals surface area contributed by atoms with Gasteiger partial charge in [0.1, 0.15) is 0 Å². The van der Waals surface area contributed by atoms with Crippen LogP contribution in [0.3, 0.4) is 0 Å². The number of hydrogen-bond donors (Lipinski definition) is 1. The number of nitrogens with zero attached hydrogens (tertiary/aromatic N) is 1. The zero-order chi connectivity index (χ0) is 18.5. The van der Waals surface area contributed by atoms with Crippen molar-refractivity contribution in [2.24, 2.45) is 0 Å². The molecule has 2 aromatic carbocycles. The van der Waals surface area contributed by atoms with Crippen LogP contribution in [0, 0.1) is 0 Å². The van der Waals surface area contributed by atoms with Crippen molar-refractivity contribution < 1.29 is 19.1 Å². The Kier molecular flexibility index (Phi) is 5.41. The molecule has 2 aromatic rings. The molecule has 0 fully saturated rings. The molecule has 26 heavy (non-hydrogen) atoms. The number of aryl methyl sites for hydroxylation is 1. The highest BCUT2D eigenvalue weighted by Gasteiger charge is 2.27. The predicted octanol–water partition coefficient (Wildman–Crippen LogP) is 2.30. The first-order valence-electron chi connectivity index (χ1n) is 8.52. The molecule has 0 bridgehead atoms. The molecule has 0 radical (unpaired) electrons. The van der Waals surface area contributed by atoms with Gasteiger partial charge in [0.25, 0.3) is 0 Å². The van der Waals surface area contributed by atoms with E-state index >= 15 is 0 Å². The monoisotopic (exact) mass is 354 g/mol. The summed E-state index contributed by atoms with van der Waals surface area (Å²) in [4.78, 5) is 26.5. The van der Waals surface area contributed by atoms with E-state index in [0.717, 1.165) is 29.7 Å². The van der Waals surface area contributed by atoms with Gasteiger partial charge in [-0.1, -0.05) is 24.3 Å². The second kappa shape index (κ2) is 7.91. The summed E-state index contributed by atoms with van der Waals surface area (Å²) in [5.41, 5.74) is 2.74. The standard InChI is InChI=1S/C20H22N2O4/c1-25-17-10-9-14(12-18(17)26-2)13-21-19(23)20(24)22-11-5-7-15-6-3-4-8-16(15)22/h3-4,6,8-10,12H,5,7,11,13H2,1-2H3,(H,21,23). The van der Waals surface area contributed by atoms with Crippen molar-refractivity contribution >= 4 is 17.5 Å². The largest absolute Gasteiger partial charge is 0.493 e. The summed E-state index contributed by atoms with van der Waals surface area (Å²) >= 11 is 0. The number of rotatable bonds is 4. The second-order valence-electron chi connectivity index (χ2n) is 6.06.